The van der Waals surface area contributed by atoms with E-state index in [4.69, 9.17) is 28.5 Å². The first kappa shape index (κ1) is 19.1. The number of rotatable bonds is 6. The van der Waals surface area contributed by atoms with Gasteiger partial charge < -0.3 is 10.4 Å². The number of hydrogen-bond donors (Lipinski definition) is 2. The molecule has 0 saturated carbocycles. The summed E-state index contributed by atoms with van der Waals surface area (Å²) in [7, 11) is 0. The Bertz CT molecular complexity index is 761. The Hall–Kier alpha value is -2.20. The quantitative estimate of drug-likeness (QED) is 0.753. The van der Waals surface area contributed by atoms with Crippen LogP contribution >= 0.6 is 23.2 Å². The number of alkyl halides is 3. The van der Waals surface area contributed by atoms with Crippen LogP contribution in [0.2, 0.25) is 0 Å². The molecule has 5 nitrogen and oxygen atoms in total. The Labute approximate surface area is 154 Å². The maximum absolute atomic E-state index is 13.1. The molecule has 0 fully saturated rings. The summed E-state index contributed by atoms with van der Waals surface area (Å²) in [4.78, 5) is 14.1. The molecule has 1 aromatic carbocycles. The third kappa shape index (κ3) is 4.89. The minimum Gasteiger partial charge on any atom is -0.386 e. The smallest absolute Gasteiger partial charge is 0.253 e. The van der Waals surface area contributed by atoms with E-state index in [1.54, 1.807) is 42.6 Å². The van der Waals surface area contributed by atoms with Crippen molar-refractivity contribution >= 4 is 29.1 Å². The molecule has 8 heteroatoms. The van der Waals surface area contributed by atoms with Crippen LogP contribution in [0.1, 0.15) is 17.4 Å². The number of hydrogen-bond acceptors (Lipinski definition) is 4. The molecule has 2 aromatic rings. The third-order valence-electron chi connectivity index (χ3n) is 3.54. The van der Waals surface area contributed by atoms with Gasteiger partial charge in [0, 0.05) is 11.8 Å². The number of amides is 1. The zero-order chi connectivity index (χ0) is 18.4. The Morgan fingerprint density at radius 2 is 1.88 bits per heavy atom. The summed E-state index contributed by atoms with van der Waals surface area (Å²) in [6.07, 6.45) is 0.310. The van der Waals surface area contributed by atoms with Crippen molar-refractivity contribution in [3.8, 4) is 17.2 Å². The van der Waals surface area contributed by atoms with E-state index in [2.05, 4.69) is 10.3 Å². The Morgan fingerprint density at radius 1 is 1.24 bits per heavy atom. The van der Waals surface area contributed by atoms with Gasteiger partial charge in [-0.2, -0.15) is 5.26 Å². The zero-order valence-electron chi connectivity index (χ0n) is 12.9. The molecule has 2 rings (SSSR count). The van der Waals surface area contributed by atoms with Crippen LogP contribution in [0.4, 0.5) is 4.39 Å². The average Bonchev–Trinajstić information content (AvgIpc) is 2.65. The van der Waals surface area contributed by atoms with Crippen molar-refractivity contribution in [1.29, 1.82) is 5.26 Å². The van der Waals surface area contributed by atoms with E-state index in [-0.39, 0.29) is 0 Å². The highest BCUT2D eigenvalue weighted by molar-refractivity contribution is 6.53. The largest absolute Gasteiger partial charge is 0.386 e. The average molecular weight is 382 g/mol. The molecule has 0 aliphatic rings. The molecule has 0 aliphatic carbocycles. The van der Waals surface area contributed by atoms with Gasteiger partial charge in [-0.3, -0.25) is 4.79 Å². The predicted molar refractivity (Wildman–Crippen MR) is 92.7 cm³/mol. The fourth-order valence-electron chi connectivity index (χ4n) is 2.18. The van der Waals surface area contributed by atoms with Gasteiger partial charge in [-0.05, 0) is 23.3 Å². The highest BCUT2D eigenvalue weighted by Gasteiger charge is 2.25. The first-order chi connectivity index (χ1) is 12.0. The van der Waals surface area contributed by atoms with Crippen molar-refractivity contribution in [2.75, 3.05) is 6.67 Å². The lowest BCUT2D eigenvalue weighted by atomic mass is 9.99. The van der Waals surface area contributed by atoms with E-state index in [0.717, 1.165) is 11.1 Å². The molecule has 1 heterocycles. The van der Waals surface area contributed by atoms with Crippen LogP contribution in [-0.2, 0) is 4.79 Å². The second kappa shape index (κ2) is 8.77. The van der Waals surface area contributed by atoms with Crippen molar-refractivity contribution < 1.29 is 14.3 Å². The fraction of sp³-hybridized carbons (Fsp3) is 0.235. The van der Waals surface area contributed by atoms with Crippen molar-refractivity contribution in [3.63, 3.8) is 0 Å². The Morgan fingerprint density at radius 3 is 2.36 bits per heavy atom. The maximum Gasteiger partial charge on any atom is 0.253 e. The second-order valence-corrected chi connectivity index (χ2v) is 6.28. The van der Waals surface area contributed by atoms with Gasteiger partial charge in [-0.15, -0.1) is 0 Å². The molecular weight excluding hydrogens is 368 g/mol. The van der Waals surface area contributed by atoms with Gasteiger partial charge in [0.05, 0.1) is 6.04 Å². The molecule has 25 heavy (non-hydrogen) atoms. The van der Waals surface area contributed by atoms with Gasteiger partial charge in [0.1, 0.15) is 24.5 Å². The van der Waals surface area contributed by atoms with Crippen LogP contribution in [0.3, 0.4) is 0 Å². The van der Waals surface area contributed by atoms with Gasteiger partial charge in [0.25, 0.3) is 5.91 Å². The molecular formula is C17H14Cl2FN3O2. The number of aliphatic hydroxyl groups is 1. The molecule has 0 saturated heterocycles. The van der Waals surface area contributed by atoms with E-state index in [0.29, 0.717) is 11.3 Å². The van der Waals surface area contributed by atoms with Crippen molar-refractivity contribution in [3.05, 3.63) is 53.9 Å². The SMILES string of the molecule is N#Cc1ccc(-c2ccc([C@H](O)[C@@H](CF)NC(=O)C(Cl)Cl)cc2)cn1. The highest BCUT2D eigenvalue weighted by atomic mass is 35.5. The first-order valence-corrected chi connectivity index (χ1v) is 8.12. The minimum atomic E-state index is -1.34. The summed E-state index contributed by atoms with van der Waals surface area (Å²) < 4.78 is 13.1. The number of pyridine rings is 1. The summed E-state index contributed by atoms with van der Waals surface area (Å²) >= 11 is 10.8. The third-order valence-corrected chi connectivity index (χ3v) is 3.93. The molecule has 0 radical (unpaired) electrons. The number of aliphatic hydroxyl groups excluding tert-OH is 1. The standard InChI is InChI=1S/C17H14Cl2FN3O2/c18-16(19)17(25)23-14(7-20)15(24)11-3-1-10(2-4-11)12-5-6-13(8-21)22-9-12/h1-6,9,14-16,24H,7H2,(H,23,25)/t14-,15+/m1/s1. The van der Waals surface area contributed by atoms with Gasteiger partial charge in [0.15, 0.2) is 4.84 Å². The van der Waals surface area contributed by atoms with Gasteiger partial charge in [0.2, 0.25) is 0 Å². The normalized spacial score (nSPS) is 13.1. The van der Waals surface area contributed by atoms with E-state index < -0.39 is 29.6 Å². The summed E-state index contributed by atoms with van der Waals surface area (Å²) in [5.41, 5.74) is 2.35. The lowest BCUT2D eigenvalue weighted by Gasteiger charge is -2.22. The summed E-state index contributed by atoms with van der Waals surface area (Å²) in [5, 5.41) is 21.3. The topological polar surface area (TPSA) is 86.0 Å². The Balaban J connectivity index is 2.14. The van der Waals surface area contributed by atoms with Crippen LogP contribution in [0.15, 0.2) is 42.6 Å². The lowest BCUT2D eigenvalue weighted by molar-refractivity contribution is -0.121. The molecule has 0 bridgehead atoms. The minimum absolute atomic E-state index is 0.314. The predicted octanol–water partition coefficient (Wildman–Crippen LogP) is 2.91. The molecule has 0 aliphatic heterocycles. The fourth-order valence-corrected chi connectivity index (χ4v) is 2.31. The monoisotopic (exact) mass is 381 g/mol. The first-order valence-electron chi connectivity index (χ1n) is 7.25. The number of nitriles is 1. The molecule has 130 valence electrons. The molecule has 2 N–H and O–H groups in total. The van der Waals surface area contributed by atoms with Crippen LogP contribution in [0.5, 0.6) is 0 Å². The van der Waals surface area contributed by atoms with Crippen molar-refractivity contribution in [2.45, 2.75) is 17.0 Å². The van der Waals surface area contributed by atoms with Crippen molar-refractivity contribution in [2.24, 2.45) is 0 Å². The summed E-state index contributed by atoms with van der Waals surface area (Å²) in [6, 6.07) is 10.8. The number of benzene rings is 1. The summed E-state index contributed by atoms with van der Waals surface area (Å²) in [5.74, 6) is -0.773. The van der Waals surface area contributed by atoms with E-state index in [1.807, 2.05) is 6.07 Å². The number of halogens is 3. The molecule has 1 amide bonds. The van der Waals surface area contributed by atoms with Crippen LogP contribution in [0.25, 0.3) is 11.1 Å². The van der Waals surface area contributed by atoms with Crippen molar-refractivity contribution in [1.82, 2.24) is 10.3 Å². The molecule has 0 spiro atoms. The van der Waals surface area contributed by atoms with Gasteiger partial charge in [-0.1, -0.05) is 47.5 Å². The van der Waals surface area contributed by atoms with E-state index in [9.17, 15) is 14.3 Å². The second-order valence-electron chi connectivity index (χ2n) is 5.18. The van der Waals surface area contributed by atoms with Gasteiger partial charge >= 0.3 is 0 Å². The number of aromatic nitrogens is 1. The van der Waals surface area contributed by atoms with Crippen LogP contribution in [0, 0.1) is 11.3 Å². The van der Waals surface area contributed by atoms with E-state index in [1.165, 1.54) is 0 Å². The molecule has 2 atom stereocenters. The number of carbonyl (C=O) groups is 1. The molecule has 0 unspecified atom stereocenters. The zero-order valence-corrected chi connectivity index (χ0v) is 14.4. The number of carbonyl (C=O) groups excluding carboxylic acids is 1. The van der Waals surface area contributed by atoms with Crippen LogP contribution in [-0.4, -0.2) is 33.6 Å². The maximum atomic E-state index is 13.1. The highest BCUT2D eigenvalue weighted by Crippen LogP contribution is 2.23. The van der Waals surface area contributed by atoms with Crippen LogP contribution < -0.4 is 5.32 Å². The number of nitrogens with zero attached hydrogens (tertiary/aromatic N) is 2. The lowest BCUT2D eigenvalue weighted by Crippen LogP contribution is -2.43. The Kier molecular flexibility index (Phi) is 6.71. The number of nitrogens with one attached hydrogen (secondary N) is 1. The summed E-state index contributed by atoms with van der Waals surface area (Å²) in [6.45, 7) is -0.977. The van der Waals surface area contributed by atoms with E-state index >= 15 is 0 Å². The molecule has 1 aromatic heterocycles. The van der Waals surface area contributed by atoms with Gasteiger partial charge in [-0.25, -0.2) is 9.37 Å².